The van der Waals surface area contributed by atoms with Crippen LogP contribution in [-0.2, 0) is 14.8 Å². The van der Waals surface area contributed by atoms with Crippen LogP contribution in [0.15, 0.2) is 47.4 Å². The van der Waals surface area contributed by atoms with Crippen molar-refractivity contribution in [1.29, 1.82) is 0 Å². The van der Waals surface area contributed by atoms with E-state index in [0.717, 1.165) is 38.5 Å². The minimum absolute atomic E-state index is 0.0392. The van der Waals surface area contributed by atoms with Crippen molar-refractivity contribution < 1.29 is 37.3 Å². The molecule has 1 aliphatic carbocycles. The number of fused-ring (bicyclic) bond motifs is 1. The van der Waals surface area contributed by atoms with E-state index in [1.807, 2.05) is 13.8 Å². The SMILES string of the molecule is COc1ccc(S(=O)(=O)Nc2ccc3c(c2)C(=O)N([C@@H](C)CO)C[C@H](C)[C@@H](CN(C)C(=O)NC2CCCCC2)OCCCC[C@@H](C)O3)cc1. The number of sulfonamides is 1. The van der Waals surface area contributed by atoms with E-state index in [1.54, 1.807) is 48.0 Å². The van der Waals surface area contributed by atoms with E-state index in [1.165, 1.54) is 31.7 Å². The molecule has 0 unspecified atom stereocenters. The highest BCUT2D eigenvalue weighted by atomic mass is 32.2. The first-order valence-corrected chi connectivity index (χ1v) is 18.9. The summed E-state index contributed by atoms with van der Waals surface area (Å²) in [6.07, 6.45) is 7.14. The molecule has 49 heavy (non-hydrogen) atoms. The second-order valence-electron chi connectivity index (χ2n) is 13.5. The Hall–Kier alpha value is -3.55. The number of methoxy groups -OCH3 is 1. The number of rotatable bonds is 9. The predicted molar refractivity (Wildman–Crippen MR) is 189 cm³/mol. The number of aliphatic hydroxyl groups excluding tert-OH is 1. The van der Waals surface area contributed by atoms with Crippen molar-refractivity contribution >= 4 is 27.6 Å². The van der Waals surface area contributed by atoms with Crippen molar-refractivity contribution in [2.24, 2.45) is 5.92 Å². The maximum Gasteiger partial charge on any atom is 0.317 e. The molecular formula is C36H54N4O8S. The third kappa shape index (κ3) is 10.7. The van der Waals surface area contributed by atoms with Crippen molar-refractivity contribution in [2.45, 2.75) is 101 Å². The van der Waals surface area contributed by atoms with Gasteiger partial charge in [0.25, 0.3) is 15.9 Å². The van der Waals surface area contributed by atoms with Crippen LogP contribution in [-0.4, -0.2) is 100 Å². The van der Waals surface area contributed by atoms with E-state index in [2.05, 4.69) is 10.0 Å². The minimum Gasteiger partial charge on any atom is -0.497 e. The van der Waals surface area contributed by atoms with Crippen LogP contribution in [0.25, 0.3) is 0 Å². The molecule has 1 saturated carbocycles. The lowest BCUT2D eigenvalue weighted by molar-refractivity contribution is -0.0123. The number of benzene rings is 2. The minimum atomic E-state index is -3.99. The number of urea groups is 1. The molecule has 2 aliphatic rings. The van der Waals surface area contributed by atoms with Crippen LogP contribution in [0, 0.1) is 5.92 Å². The van der Waals surface area contributed by atoms with Crippen molar-refractivity contribution in [3.8, 4) is 11.5 Å². The van der Waals surface area contributed by atoms with Crippen LogP contribution in [0.3, 0.4) is 0 Å². The third-order valence-corrected chi connectivity index (χ3v) is 10.8. The highest BCUT2D eigenvalue weighted by Crippen LogP contribution is 2.30. The fourth-order valence-corrected chi connectivity index (χ4v) is 7.35. The average molecular weight is 703 g/mol. The molecule has 3 N–H and O–H groups in total. The number of hydrogen-bond donors (Lipinski definition) is 3. The molecular weight excluding hydrogens is 648 g/mol. The monoisotopic (exact) mass is 702 g/mol. The first-order valence-electron chi connectivity index (χ1n) is 17.4. The molecule has 13 heteroatoms. The Bertz CT molecular complexity index is 1480. The van der Waals surface area contributed by atoms with Crippen LogP contribution in [0.1, 0.15) is 82.5 Å². The van der Waals surface area contributed by atoms with Gasteiger partial charge in [0.15, 0.2) is 0 Å². The van der Waals surface area contributed by atoms with Crippen molar-refractivity contribution in [2.75, 3.05) is 45.2 Å². The Balaban J connectivity index is 1.61. The van der Waals surface area contributed by atoms with Crippen LogP contribution >= 0.6 is 0 Å². The van der Waals surface area contributed by atoms with E-state index >= 15 is 0 Å². The van der Waals surface area contributed by atoms with Crippen LogP contribution in [0.4, 0.5) is 10.5 Å². The normalized spacial score (nSPS) is 22.2. The smallest absolute Gasteiger partial charge is 0.317 e. The van der Waals surface area contributed by atoms with Gasteiger partial charge >= 0.3 is 6.03 Å². The van der Waals surface area contributed by atoms with E-state index < -0.39 is 22.0 Å². The molecule has 12 nitrogen and oxygen atoms in total. The van der Waals surface area contributed by atoms with Crippen LogP contribution < -0.4 is 19.5 Å². The summed E-state index contributed by atoms with van der Waals surface area (Å²) >= 11 is 0. The summed E-state index contributed by atoms with van der Waals surface area (Å²) in [7, 11) is -0.718. The molecule has 3 amide bonds. The van der Waals surface area contributed by atoms with Gasteiger partial charge in [-0.2, -0.15) is 0 Å². The molecule has 1 heterocycles. The van der Waals surface area contributed by atoms with Crippen LogP contribution in [0.2, 0.25) is 0 Å². The highest BCUT2D eigenvalue weighted by Gasteiger charge is 2.31. The maximum atomic E-state index is 14.4. The molecule has 0 radical (unpaired) electrons. The first-order chi connectivity index (χ1) is 23.4. The topological polar surface area (TPSA) is 147 Å². The van der Waals surface area contributed by atoms with Gasteiger partial charge in [0.1, 0.15) is 11.5 Å². The number of carbonyl (C=O) groups excluding carboxylic acids is 2. The summed E-state index contributed by atoms with van der Waals surface area (Å²) in [6.45, 7) is 6.43. The summed E-state index contributed by atoms with van der Waals surface area (Å²) in [5, 5.41) is 13.4. The zero-order valence-electron chi connectivity index (χ0n) is 29.5. The molecule has 1 fully saturated rings. The number of likely N-dealkylation sites (N-methyl/N-ethyl adjacent to an activating group) is 1. The number of amides is 3. The summed E-state index contributed by atoms with van der Waals surface area (Å²) < 4.78 is 46.9. The predicted octanol–water partition coefficient (Wildman–Crippen LogP) is 5.27. The number of anilines is 1. The Morgan fingerprint density at radius 3 is 2.43 bits per heavy atom. The lowest BCUT2D eigenvalue weighted by Crippen LogP contribution is -2.50. The van der Waals surface area contributed by atoms with Gasteiger partial charge in [-0.1, -0.05) is 26.2 Å². The van der Waals surface area contributed by atoms with E-state index in [0.29, 0.717) is 31.1 Å². The molecule has 2 aromatic carbocycles. The van der Waals surface area contributed by atoms with Crippen molar-refractivity contribution in [3.63, 3.8) is 0 Å². The highest BCUT2D eigenvalue weighted by molar-refractivity contribution is 7.92. The largest absolute Gasteiger partial charge is 0.497 e. The van der Waals surface area contributed by atoms with Gasteiger partial charge in [0.05, 0.1) is 42.4 Å². The van der Waals surface area contributed by atoms with E-state index in [4.69, 9.17) is 14.2 Å². The van der Waals surface area contributed by atoms with Gasteiger partial charge in [-0.15, -0.1) is 0 Å². The molecule has 1 aliphatic heterocycles. The Labute approximate surface area is 291 Å². The molecule has 2 aromatic rings. The molecule has 0 saturated heterocycles. The van der Waals surface area contributed by atoms with Crippen molar-refractivity contribution in [1.82, 2.24) is 15.1 Å². The van der Waals surface area contributed by atoms with Gasteiger partial charge in [-0.25, -0.2) is 13.2 Å². The summed E-state index contributed by atoms with van der Waals surface area (Å²) in [5.41, 5.74) is 0.365. The van der Waals surface area contributed by atoms with E-state index in [9.17, 15) is 23.1 Å². The molecule has 4 atom stereocenters. The Kier molecular flexibility index (Phi) is 14.0. The number of nitrogens with one attached hydrogen (secondary N) is 2. The summed E-state index contributed by atoms with van der Waals surface area (Å²) in [4.78, 5) is 30.8. The lowest BCUT2D eigenvalue weighted by atomic mass is 9.96. The molecule has 0 bridgehead atoms. The summed E-state index contributed by atoms with van der Waals surface area (Å²) in [6, 6.07) is 10.1. The van der Waals surface area contributed by atoms with Gasteiger partial charge in [0, 0.05) is 44.4 Å². The number of hydrogen-bond acceptors (Lipinski definition) is 8. The van der Waals surface area contributed by atoms with Gasteiger partial charge < -0.3 is 34.4 Å². The number of nitrogens with zero attached hydrogens (tertiary/aromatic N) is 2. The molecule has 0 aromatic heterocycles. The zero-order chi connectivity index (χ0) is 35.6. The average Bonchev–Trinajstić information content (AvgIpc) is 3.09. The number of aliphatic hydroxyl groups is 1. The van der Waals surface area contributed by atoms with Crippen molar-refractivity contribution in [3.05, 3.63) is 48.0 Å². The molecule has 272 valence electrons. The number of ether oxygens (including phenoxy) is 3. The third-order valence-electron chi connectivity index (χ3n) is 9.41. The standard InChI is InChI=1S/C36H54N4O8S/c1-25-22-40(26(2)24-41)35(42)32-21-29(38-49(44,45)31-17-15-30(46-5)16-18-31)14-19-33(32)48-27(3)11-9-10-20-47-34(25)23-39(4)36(43)37-28-12-7-6-8-13-28/h14-19,21,25-28,34,38,41H,6-13,20,22-24H2,1-5H3,(H,37,43)/t25-,26-,27+,34+/m0/s1. The molecule has 4 rings (SSSR count). The second kappa shape index (κ2) is 17.9. The quantitative estimate of drug-likeness (QED) is 0.321. The Morgan fingerprint density at radius 1 is 1.06 bits per heavy atom. The van der Waals surface area contributed by atoms with Gasteiger partial charge in [-0.3, -0.25) is 9.52 Å². The van der Waals surface area contributed by atoms with Crippen LogP contribution in [0.5, 0.6) is 11.5 Å². The molecule has 0 spiro atoms. The maximum absolute atomic E-state index is 14.4. The Morgan fingerprint density at radius 2 is 1.76 bits per heavy atom. The van der Waals surface area contributed by atoms with Gasteiger partial charge in [0.2, 0.25) is 0 Å². The second-order valence-corrected chi connectivity index (χ2v) is 15.1. The fourth-order valence-electron chi connectivity index (χ4n) is 6.30. The lowest BCUT2D eigenvalue weighted by Gasteiger charge is -2.36. The first kappa shape index (κ1) is 38.3. The number of carbonyl (C=O) groups is 2. The van der Waals surface area contributed by atoms with E-state index in [-0.39, 0.29) is 59.5 Å². The zero-order valence-corrected chi connectivity index (χ0v) is 30.3. The van der Waals surface area contributed by atoms with Gasteiger partial charge in [-0.05, 0) is 88.4 Å². The fraction of sp³-hybridized carbons (Fsp3) is 0.611. The summed E-state index contributed by atoms with van der Waals surface area (Å²) in [5.74, 6) is 0.222.